The molecule has 1 heterocycles. The summed E-state index contributed by atoms with van der Waals surface area (Å²) in [5, 5.41) is 13.0. The molecule has 1 saturated heterocycles. The summed E-state index contributed by atoms with van der Waals surface area (Å²) < 4.78 is 32.9. The zero-order valence-electron chi connectivity index (χ0n) is 19.2. The number of nitrogens with one attached hydrogen (secondary N) is 1. The molecule has 2 fully saturated rings. The Labute approximate surface area is 178 Å². The lowest BCUT2D eigenvalue weighted by Crippen LogP contribution is -2.57. The molecule has 1 aromatic carbocycles. The van der Waals surface area contributed by atoms with Gasteiger partial charge in [0.15, 0.2) is 0 Å². The number of hydrogen-bond acceptors (Lipinski definition) is 5. The van der Waals surface area contributed by atoms with Crippen LogP contribution in [0.3, 0.4) is 0 Å². The first-order chi connectivity index (χ1) is 13.5. The van der Waals surface area contributed by atoms with Gasteiger partial charge in [-0.3, -0.25) is 0 Å². The topological polar surface area (TPSA) is 77.0 Å². The molecule has 166 valence electrons. The monoisotopic (exact) mass is 421 g/mol. The number of rotatable bonds is 3. The molecule has 8 heteroatoms. The van der Waals surface area contributed by atoms with Gasteiger partial charge in [0.25, 0.3) is 0 Å². The SMILES string of the molecule is CC1(O)CC(OC(=O)NC(C)(C)C)(c2ccc(B3OC(C)(C)C(C)(C)O3)cc2F)C1. The summed E-state index contributed by atoms with van der Waals surface area (Å²) in [7, 11) is -0.691. The van der Waals surface area contributed by atoms with Crippen molar-refractivity contribution < 1.29 is 28.3 Å². The molecule has 0 unspecified atom stereocenters. The van der Waals surface area contributed by atoms with Gasteiger partial charge in [-0.2, -0.15) is 0 Å². The molecule has 2 aliphatic rings. The predicted octanol–water partition coefficient (Wildman–Crippen LogP) is 3.39. The van der Waals surface area contributed by atoms with Crippen molar-refractivity contribution in [2.24, 2.45) is 0 Å². The van der Waals surface area contributed by atoms with Gasteiger partial charge in [0.05, 0.1) is 16.8 Å². The highest BCUT2D eigenvalue weighted by Crippen LogP contribution is 2.51. The normalized spacial score (nSPS) is 30.0. The quantitative estimate of drug-likeness (QED) is 0.732. The van der Waals surface area contributed by atoms with Crippen molar-refractivity contribution in [2.75, 3.05) is 0 Å². The van der Waals surface area contributed by atoms with Crippen molar-refractivity contribution in [1.82, 2.24) is 5.32 Å². The van der Waals surface area contributed by atoms with Gasteiger partial charge < -0.3 is 24.5 Å². The lowest BCUT2D eigenvalue weighted by atomic mass is 9.64. The van der Waals surface area contributed by atoms with Crippen LogP contribution in [0.4, 0.5) is 9.18 Å². The first kappa shape index (κ1) is 23.0. The minimum absolute atomic E-state index is 0.115. The van der Waals surface area contributed by atoms with Crippen LogP contribution in [0.1, 0.15) is 73.8 Å². The fraction of sp³-hybridized carbons (Fsp3) is 0.682. The Morgan fingerprint density at radius 3 is 2.10 bits per heavy atom. The second-order valence-corrected chi connectivity index (χ2v) is 10.9. The summed E-state index contributed by atoms with van der Waals surface area (Å²) in [6.07, 6.45) is -0.415. The first-order valence-electron chi connectivity index (χ1n) is 10.3. The van der Waals surface area contributed by atoms with E-state index in [4.69, 9.17) is 14.0 Å². The summed E-state index contributed by atoms with van der Waals surface area (Å²) in [4.78, 5) is 12.4. The maximum Gasteiger partial charge on any atom is 0.494 e. The van der Waals surface area contributed by atoms with Gasteiger partial charge in [0.2, 0.25) is 0 Å². The molecule has 0 bridgehead atoms. The van der Waals surface area contributed by atoms with E-state index in [2.05, 4.69) is 5.32 Å². The molecular weight excluding hydrogens is 388 g/mol. The smallest absolute Gasteiger partial charge is 0.438 e. The third-order valence-corrected chi connectivity index (χ3v) is 6.11. The van der Waals surface area contributed by atoms with E-state index in [9.17, 15) is 9.90 Å². The third-order valence-electron chi connectivity index (χ3n) is 6.11. The van der Waals surface area contributed by atoms with Crippen LogP contribution in [0.25, 0.3) is 0 Å². The van der Waals surface area contributed by atoms with Gasteiger partial charge in [-0.15, -0.1) is 0 Å². The van der Waals surface area contributed by atoms with Crippen LogP contribution >= 0.6 is 0 Å². The fourth-order valence-electron chi connectivity index (χ4n) is 4.03. The molecular formula is C22H33BFNO5. The Hall–Kier alpha value is -1.64. The molecule has 1 saturated carbocycles. The number of alkyl carbamates (subject to hydrolysis) is 1. The number of benzene rings is 1. The molecule has 3 rings (SSSR count). The first-order valence-corrected chi connectivity index (χ1v) is 10.3. The average Bonchev–Trinajstić information content (AvgIpc) is 2.71. The molecule has 1 amide bonds. The molecule has 2 N–H and O–H groups in total. The molecule has 6 nitrogen and oxygen atoms in total. The minimum Gasteiger partial charge on any atom is -0.438 e. The van der Waals surface area contributed by atoms with Crippen LogP contribution in [-0.4, -0.2) is 40.7 Å². The van der Waals surface area contributed by atoms with Crippen LogP contribution in [0, 0.1) is 5.82 Å². The van der Waals surface area contributed by atoms with Crippen molar-refractivity contribution in [3.8, 4) is 0 Å². The van der Waals surface area contributed by atoms with Gasteiger partial charge in [-0.1, -0.05) is 12.1 Å². The van der Waals surface area contributed by atoms with Crippen LogP contribution < -0.4 is 10.8 Å². The van der Waals surface area contributed by atoms with E-state index in [1.807, 2.05) is 48.5 Å². The van der Waals surface area contributed by atoms with Crippen molar-refractivity contribution in [3.05, 3.63) is 29.6 Å². The average molecular weight is 421 g/mol. The summed E-state index contributed by atoms with van der Waals surface area (Å²) in [5.74, 6) is -0.527. The molecule has 1 aliphatic carbocycles. The predicted molar refractivity (Wildman–Crippen MR) is 113 cm³/mol. The number of amides is 1. The van der Waals surface area contributed by atoms with Crippen LogP contribution in [0.15, 0.2) is 18.2 Å². The number of ether oxygens (including phenoxy) is 1. The van der Waals surface area contributed by atoms with Crippen LogP contribution in [0.2, 0.25) is 0 Å². The van der Waals surface area contributed by atoms with Crippen LogP contribution in [-0.2, 0) is 19.6 Å². The summed E-state index contributed by atoms with van der Waals surface area (Å²) >= 11 is 0. The number of aliphatic hydroxyl groups is 1. The lowest BCUT2D eigenvalue weighted by molar-refractivity contribution is -0.178. The molecule has 30 heavy (non-hydrogen) atoms. The molecule has 0 radical (unpaired) electrons. The molecule has 0 aromatic heterocycles. The number of carbonyl (C=O) groups is 1. The minimum atomic E-state index is -1.22. The van der Waals surface area contributed by atoms with Crippen molar-refractivity contribution in [1.29, 1.82) is 0 Å². The Kier molecular flexibility index (Phi) is 5.33. The summed E-state index contributed by atoms with van der Waals surface area (Å²) in [5.41, 5.74) is -3.03. The van der Waals surface area contributed by atoms with E-state index in [0.717, 1.165) is 0 Å². The highest BCUT2D eigenvalue weighted by Gasteiger charge is 2.57. The molecule has 0 spiro atoms. The largest absolute Gasteiger partial charge is 0.494 e. The molecule has 1 aromatic rings. The van der Waals surface area contributed by atoms with Crippen LogP contribution in [0.5, 0.6) is 0 Å². The van der Waals surface area contributed by atoms with Crippen molar-refractivity contribution in [3.63, 3.8) is 0 Å². The summed E-state index contributed by atoms with van der Waals surface area (Å²) in [6.45, 7) is 14.9. The number of halogens is 1. The van der Waals surface area contributed by atoms with E-state index in [1.54, 1.807) is 19.1 Å². The van der Waals surface area contributed by atoms with Gasteiger partial charge >= 0.3 is 13.2 Å². The molecule has 0 atom stereocenters. The standard InChI is InChI=1S/C22H33BFNO5/c1-18(2,3)25-17(26)28-22(12-21(8,27)13-22)15-10-9-14(11-16(15)24)23-29-19(4,5)20(6,7)30-23/h9-11,27H,12-13H2,1-8H3,(H,25,26). The fourth-order valence-corrected chi connectivity index (χ4v) is 4.03. The highest BCUT2D eigenvalue weighted by atomic mass is 19.1. The maximum atomic E-state index is 15.2. The third kappa shape index (κ3) is 4.36. The molecule has 1 aliphatic heterocycles. The van der Waals surface area contributed by atoms with Gasteiger partial charge in [-0.05, 0) is 66.9 Å². The van der Waals surface area contributed by atoms with Gasteiger partial charge in [0.1, 0.15) is 11.4 Å². The second-order valence-electron chi connectivity index (χ2n) is 10.9. The van der Waals surface area contributed by atoms with Gasteiger partial charge in [0, 0.05) is 23.9 Å². The Balaban J connectivity index is 1.87. The zero-order chi connectivity index (χ0) is 22.8. The van der Waals surface area contributed by atoms with E-state index in [0.29, 0.717) is 5.46 Å². The maximum absolute atomic E-state index is 15.2. The second kappa shape index (κ2) is 6.94. The Bertz CT molecular complexity index is 822. The number of carbonyl (C=O) groups excluding carboxylic acids is 1. The van der Waals surface area contributed by atoms with E-state index in [1.165, 1.54) is 6.07 Å². The highest BCUT2D eigenvalue weighted by molar-refractivity contribution is 6.62. The van der Waals surface area contributed by atoms with E-state index >= 15 is 4.39 Å². The van der Waals surface area contributed by atoms with E-state index in [-0.39, 0.29) is 18.4 Å². The lowest BCUT2D eigenvalue weighted by Gasteiger charge is -2.51. The zero-order valence-corrected chi connectivity index (χ0v) is 19.2. The Morgan fingerprint density at radius 2 is 1.67 bits per heavy atom. The number of hydrogen-bond donors (Lipinski definition) is 2. The van der Waals surface area contributed by atoms with Crippen molar-refractivity contribution >= 4 is 18.7 Å². The van der Waals surface area contributed by atoms with Crippen molar-refractivity contribution in [2.45, 2.75) is 96.2 Å². The van der Waals surface area contributed by atoms with Gasteiger partial charge in [-0.25, -0.2) is 9.18 Å². The Morgan fingerprint density at radius 1 is 1.13 bits per heavy atom. The summed E-state index contributed by atoms with van der Waals surface area (Å²) in [6, 6.07) is 4.67. The van der Waals surface area contributed by atoms with E-state index < -0.39 is 47.0 Å².